The van der Waals surface area contributed by atoms with Crippen molar-refractivity contribution in [2.45, 2.75) is 31.4 Å². The highest BCUT2D eigenvalue weighted by Gasteiger charge is 2.38. The molecule has 0 aromatic rings. The third-order valence-electron chi connectivity index (χ3n) is 2.27. The van der Waals surface area contributed by atoms with Crippen molar-refractivity contribution in [2.75, 3.05) is 6.61 Å². The highest BCUT2D eigenvalue weighted by Crippen LogP contribution is 2.37. The summed E-state index contributed by atoms with van der Waals surface area (Å²) in [5, 5.41) is 0. The normalized spacial score (nSPS) is 43.7. The summed E-state index contributed by atoms with van der Waals surface area (Å²) >= 11 is 0. The molecule has 0 aromatic heterocycles. The SMILES string of the molecule is N[C@H]1CCO[C@H]1C1CC1. The summed E-state index contributed by atoms with van der Waals surface area (Å²) in [5.74, 6) is 0.822. The molecule has 0 bridgehead atoms. The summed E-state index contributed by atoms with van der Waals surface area (Å²) in [5.41, 5.74) is 5.79. The van der Waals surface area contributed by atoms with Crippen LogP contribution >= 0.6 is 0 Å². The molecule has 2 rings (SSSR count). The fraction of sp³-hybridized carbons (Fsp3) is 1.00. The van der Waals surface area contributed by atoms with Gasteiger partial charge in [-0.05, 0) is 25.2 Å². The number of nitrogens with two attached hydrogens (primary N) is 1. The van der Waals surface area contributed by atoms with Crippen LogP contribution in [-0.2, 0) is 4.74 Å². The van der Waals surface area contributed by atoms with Crippen molar-refractivity contribution in [3.8, 4) is 0 Å². The molecule has 0 amide bonds. The molecule has 9 heavy (non-hydrogen) atoms. The van der Waals surface area contributed by atoms with Crippen molar-refractivity contribution < 1.29 is 4.74 Å². The highest BCUT2D eigenvalue weighted by molar-refractivity contribution is 4.91. The fourth-order valence-corrected chi connectivity index (χ4v) is 1.54. The van der Waals surface area contributed by atoms with Gasteiger partial charge in [-0.2, -0.15) is 0 Å². The van der Waals surface area contributed by atoms with E-state index in [0.29, 0.717) is 12.1 Å². The molecule has 1 heterocycles. The van der Waals surface area contributed by atoms with E-state index in [4.69, 9.17) is 10.5 Å². The smallest absolute Gasteiger partial charge is 0.0754 e. The Hall–Kier alpha value is -0.0800. The predicted octanol–water partition coefficient (Wildman–Crippen LogP) is 0.513. The molecular weight excluding hydrogens is 114 g/mol. The molecule has 2 atom stereocenters. The van der Waals surface area contributed by atoms with Gasteiger partial charge in [-0.1, -0.05) is 0 Å². The van der Waals surface area contributed by atoms with Crippen molar-refractivity contribution in [3.63, 3.8) is 0 Å². The zero-order valence-electron chi connectivity index (χ0n) is 5.55. The van der Waals surface area contributed by atoms with Crippen LogP contribution in [0.5, 0.6) is 0 Å². The van der Waals surface area contributed by atoms with Crippen LogP contribution < -0.4 is 5.73 Å². The first-order valence-corrected chi connectivity index (χ1v) is 3.75. The monoisotopic (exact) mass is 127 g/mol. The van der Waals surface area contributed by atoms with Crippen LogP contribution in [0.1, 0.15) is 19.3 Å². The summed E-state index contributed by atoms with van der Waals surface area (Å²) in [4.78, 5) is 0. The maximum atomic E-state index is 5.79. The first kappa shape index (κ1) is 5.69. The van der Waals surface area contributed by atoms with E-state index < -0.39 is 0 Å². The van der Waals surface area contributed by atoms with Gasteiger partial charge in [0.15, 0.2) is 0 Å². The maximum absolute atomic E-state index is 5.79. The van der Waals surface area contributed by atoms with E-state index in [1.54, 1.807) is 0 Å². The molecule has 52 valence electrons. The summed E-state index contributed by atoms with van der Waals surface area (Å²) in [6, 6.07) is 0.345. The van der Waals surface area contributed by atoms with E-state index >= 15 is 0 Å². The van der Waals surface area contributed by atoms with Crippen molar-refractivity contribution in [2.24, 2.45) is 11.7 Å². The summed E-state index contributed by atoms with van der Waals surface area (Å²) in [7, 11) is 0. The highest BCUT2D eigenvalue weighted by atomic mass is 16.5. The van der Waals surface area contributed by atoms with Crippen LogP contribution in [0.2, 0.25) is 0 Å². The molecule has 2 fully saturated rings. The Balaban J connectivity index is 1.93. The molecule has 1 saturated carbocycles. The minimum absolute atomic E-state index is 0.345. The molecule has 1 aliphatic carbocycles. The number of hydrogen-bond donors (Lipinski definition) is 1. The molecular formula is C7H13NO. The molecule has 1 aliphatic heterocycles. The average molecular weight is 127 g/mol. The number of hydrogen-bond acceptors (Lipinski definition) is 2. The minimum Gasteiger partial charge on any atom is -0.376 e. The van der Waals surface area contributed by atoms with Gasteiger partial charge in [0.25, 0.3) is 0 Å². The van der Waals surface area contributed by atoms with Crippen molar-refractivity contribution in [3.05, 3.63) is 0 Å². The molecule has 2 N–H and O–H groups in total. The van der Waals surface area contributed by atoms with Crippen LogP contribution in [0.15, 0.2) is 0 Å². The van der Waals surface area contributed by atoms with Gasteiger partial charge in [0.05, 0.1) is 6.10 Å². The Kier molecular flexibility index (Phi) is 1.24. The van der Waals surface area contributed by atoms with Crippen molar-refractivity contribution >= 4 is 0 Å². The molecule has 1 saturated heterocycles. The second kappa shape index (κ2) is 1.96. The lowest BCUT2D eigenvalue weighted by Gasteiger charge is -2.11. The summed E-state index contributed by atoms with van der Waals surface area (Å²) in [6.07, 6.45) is 4.18. The van der Waals surface area contributed by atoms with Gasteiger partial charge < -0.3 is 10.5 Å². The van der Waals surface area contributed by atoms with Gasteiger partial charge in [0.1, 0.15) is 0 Å². The lowest BCUT2D eigenvalue weighted by molar-refractivity contribution is 0.0872. The predicted molar refractivity (Wildman–Crippen MR) is 35.1 cm³/mol. The standard InChI is InChI=1S/C7H13NO/c8-6-3-4-9-7(6)5-1-2-5/h5-7H,1-4,8H2/t6-,7-/m0/s1. The Morgan fingerprint density at radius 3 is 2.44 bits per heavy atom. The molecule has 0 unspecified atom stereocenters. The Labute approximate surface area is 55.4 Å². The van der Waals surface area contributed by atoms with Gasteiger partial charge in [0.2, 0.25) is 0 Å². The Morgan fingerprint density at radius 2 is 2.00 bits per heavy atom. The van der Waals surface area contributed by atoms with E-state index in [0.717, 1.165) is 18.9 Å². The maximum Gasteiger partial charge on any atom is 0.0754 e. The molecule has 2 heteroatoms. The lowest BCUT2D eigenvalue weighted by atomic mass is 10.1. The van der Waals surface area contributed by atoms with E-state index in [-0.39, 0.29) is 0 Å². The van der Waals surface area contributed by atoms with Gasteiger partial charge in [0, 0.05) is 12.6 Å². The third kappa shape index (κ3) is 0.970. The van der Waals surface area contributed by atoms with E-state index in [9.17, 15) is 0 Å². The largest absolute Gasteiger partial charge is 0.376 e. The van der Waals surface area contributed by atoms with Gasteiger partial charge >= 0.3 is 0 Å². The third-order valence-corrected chi connectivity index (χ3v) is 2.27. The second-order valence-corrected chi connectivity index (χ2v) is 3.13. The minimum atomic E-state index is 0.345. The quantitative estimate of drug-likeness (QED) is 0.557. The molecule has 2 aliphatic rings. The van der Waals surface area contributed by atoms with Crippen LogP contribution in [0, 0.1) is 5.92 Å². The zero-order chi connectivity index (χ0) is 6.27. The Bertz CT molecular complexity index is 111. The summed E-state index contributed by atoms with van der Waals surface area (Å²) in [6.45, 7) is 0.891. The van der Waals surface area contributed by atoms with E-state index in [1.165, 1.54) is 12.8 Å². The van der Waals surface area contributed by atoms with Crippen LogP contribution in [-0.4, -0.2) is 18.8 Å². The zero-order valence-corrected chi connectivity index (χ0v) is 5.55. The Morgan fingerprint density at radius 1 is 1.22 bits per heavy atom. The van der Waals surface area contributed by atoms with Crippen LogP contribution in [0.25, 0.3) is 0 Å². The summed E-state index contributed by atoms with van der Waals surface area (Å²) < 4.78 is 5.46. The first-order valence-electron chi connectivity index (χ1n) is 3.75. The van der Waals surface area contributed by atoms with Gasteiger partial charge in [-0.15, -0.1) is 0 Å². The fourth-order valence-electron chi connectivity index (χ4n) is 1.54. The number of ether oxygens (including phenoxy) is 1. The van der Waals surface area contributed by atoms with Crippen LogP contribution in [0.3, 0.4) is 0 Å². The van der Waals surface area contributed by atoms with E-state index in [2.05, 4.69) is 0 Å². The lowest BCUT2D eigenvalue weighted by Crippen LogP contribution is -2.31. The first-order chi connectivity index (χ1) is 4.38. The van der Waals surface area contributed by atoms with E-state index in [1.807, 2.05) is 0 Å². The van der Waals surface area contributed by atoms with Crippen LogP contribution in [0.4, 0.5) is 0 Å². The van der Waals surface area contributed by atoms with Gasteiger partial charge in [-0.25, -0.2) is 0 Å². The molecule has 0 spiro atoms. The molecule has 0 radical (unpaired) electrons. The topological polar surface area (TPSA) is 35.2 Å². The van der Waals surface area contributed by atoms with Crippen molar-refractivity contribution in [1.82, 2.24) is 0 Å². The molecule has 2 nitrogen and oxygen atoms in total. The average Bonchev–Trinajstić information content (AvgIpc) is 2.58. The molecule has 0 aromatic carbocycles. The van der Waals surface area contributed by atoms with Crippen molar-refractivity contribution in [1.29, 1.82) is 0 Å². The second-order valence-electron chi connectivity index (χ2n) is 3.13. The van der Waals surface area contributed by atoms with Gasteiger partial charge in [-0.3, -0.25) is 0 Å². The number of rotatable bonds is 1.